The largest absolute Gasteiger partial charge is 1.00 e. The van der Waals surface area contributed by atoms with Crippen LogP contribution in [-0.2, 0) is 4.79 Å². The Labute approximate surface area is 157 Å². The Bertz CT molecular complexity index is 224. The van der Waals surface area contributed by atoms with Crippen molar-refractivity contribution in [1.82, 2.24) is 0 Å². The second kappa shape index (κ2) is 9.52. The summed E-state index contributed by atoms with van der Waals surface area (Å²) < 4.78 is 0. The smallest absolute Gasteiger partial charge is 0.549 e. The average Bonchev–Trinajstić information content (AvgIpc) is 1.88. The Hall–Kier alpha value is 1.96. The fourth-order valence-corrected chi connectivity index (χ4v) is 0.685. The predicted molar refractivity (Wildman–Crippen MR) is 40.6 cm³/mol. The summed E-state index contributed by atoms with van der Waals surface area (Å²) in [5.74, 6) is -1.16. The molecule has 1 aromatic rings. The molecule has 0 aliphatic rings. The molecule has 0 aliphatic heterocycles. The molecule has 52 valence electrons. The molecule has 0 amide bonds. The number of carbonyl (C=O) groups is 1. The Morgan fingerprint density at radius 3 is 2.17 bits per heavy atom. The molecule has 0 fully saturated rings. The van der Waals surface area contributed by atoms with Crippen LogP contribution >= 0.6 is 0 Å². The number of carbonyl (C=O) groups excluding carboxylic acids is 1. The normalized spacial score (nSPS) is 7.67. The molecule has 0 saturated heterocycles. The fraction of sp³-hybridized carbons (Fsp3) is 0. The summed E-state index contributed by atoms with van der Waals surface area (Å²) in [6, 6.07) is 8.78. The van der Waals surface area contributed by atoms with Crippen LogP contribution in [0.3, 0.4) is 0 Å². The van der Waals surface area contributed by atoms with Crippen LogP contribution in [0.1, 0.15) is 5.56 Å². The molecule has 2 radical (unpaired) electrons. The van der Waals surface area contributed by atoms with Gasteiger partial charge in [0, 0.05) is 63.8 Å². The van der Waals surface area contributed by atoms with Gasteiger partial charge in [-0.25, -0.2) is 0 Å². The molecule has 0 spiro atoms. The van der Waals surface area contributed by atoms with Crippen molar-refractivity contribution in [2.24, 2.45) is 0 Å². The van der Waals surface area contributed by atoms with Crippen molar-refractivity contribution in [3.63, 3.8) is 0 Å². The Balaban J connectivity index is 0. The molecule has 0 bridgehead atoms. The molecule has 4 heteroatoms. The first-order valence-electron chi connectivity index (χ1n) is 2.90. The maximum atomic E-state index is 10.0. The van der Waals surface area contributed by atoms with Gasteiger partial charge < -0.3 is 9.90 Å². The molecule has 1 aromatic carbocycles. The van der Waals surface area contributed by atoms with E-state index >= 15 is 0 Å². The maximum absolute atomic E-state index is 10.0. The molecule has 0 N–H and O–H groups in total. The van der Waals surface area contributed by atoms with Gasteiger partial charge in [0.15, 0.2) is 0 Å². The van der Waals surface area contributed by atoms with Crippen LogP contribution in [0.15, 0.2) is 30.3 Å². The van der Waals surface area contributed by atoms with Crippen LogP contribution in [-0.4, -0.2) is 57.4 Å². The SMILES string of the molecule is O=C([O-])[CH]c1ccccc1.[K+].[K]. The number of carboxylic acid groups (broad SMARTS) is 1. The second-order valence-electron chi connectivity index (χ2n) is 1.87. The first-order valence-corrected chi connectivity index (χ1v) is 2.90. The Morgan fingerprint density at radius 2 is 1.75 bits per heavy atom. The summed E-state index contributed by atoms with van der Waals surface area (Å²) in [4.78, 5) is 10.0. The van der Waals surface area contributed by atoms with Crippen molar-refractivity contribution in [2.45, 2.75) is 0 Å². The van der Waals surface area contributed by atoms with E-state index in [4.69, 9.17) is 0 Å². The summed E-state index contributed by atoms with van der Waals surface area (Å²) in [6.45, 7) is 0. The van der Waals surface area contributed by atoms with Gasteiger partial charge >= 0.3 is 51.4 Å². The molecule has 0 saturated carbocycles. The third-order valence-electron chi connectivity index (χ3n) is 1.08. The standard InChI is InChI=1S/C8H7O2.2K/c9-8(10)6-7-4-2-1-3-5-7;;/h1-6H,(H,9,10);;/q;;+1/p-1. The topological polar surface area (TPSA) is 40.1 Å². The molecule has 0 aliphatic carbocycles. The summed E-state index contributed by atoms with van der Waals surface area (Å²) in [7, 11) is 0. The van der Waals surface area contributed by atoms with Crippen molar-refractivity contribution in [3.8, 4) is 0 Å². The summed E-state index contributed by atoms with van der Waals surface area (Å²) in [6.07, 6.45) is 1.06. The molecule has 2 nitrogen and oxygen atoms in total. The van der Waals surface area contributed by atoms with Gasteiger partial charge in [-0.05, 0) is 5.56 Å². The first kappa shape index (κ1) is 16.4. The van der Waals surface area contributed by atoms with E-state index in [1.54, 1.807) is 24.3 Å². The minimum Gasteiger partial charge on any atom is -0.549 e. The van der Waals surface area contributed by atoms with Crippen molar-refractivity contribution < 1.29 is 61.3 Å². The predicted octanol–water partition coefficient (Wildman–Crippen LogP) is -3.39. The zero-order valence-corrected chi connectivity index (χ0v) is 13.5. The molecule has 0 heterocycles. The second-order valence-corrected chi connectivity index (χ2v) is 1.87. The average molecular weight is 212 g/mol. The quantitative estimate of drug-likeness (QED) is 0.480. The van der Waals surface area contributed by atoms with Crippen molar-refractivity contribution >= 4 is 57.4 Å². The molecule has 1 rings (SSSR count). The van der Waals surface area contributed by atoms with E-state index in [-0.39, 0.29) is 103 Å². The zero-order valence-electron chi connectivity index (χ0n) is 7.28. The van der Waals surface area contributed by atoms with E-state index in [1.165, 1.54) is 0 Å². The number of rotatable bonds is 2. The van der Waals surface area contributed by atoms with Gasteiger partial charge in [0.1, 0.15) is 0 Å². The molecule has 0 atom stereocenters. The number of hydrogen-bond acceptors (Lipinski definition) is 2. The zero-order chi connectivity index (χ0) is 7.40. The fourth-order valence-electron chi connectivity index (χ4n) is 0.685. The number of carboxylic acids is 1. The number of benzene rings is 1. The Kier molecular flexibility index (Phi) is 13.0. The van der Waals surface area contributed by atoms with Gasteiger partial charge in [-0.15, -0.1) is 0 Å². The van der Waals surface area contributed by atoms with Crippen LogP contribution in [0.2, 0.25) is 0 Å². The summed E-state index contributed by atoms with van der Waals surface area (Å²) in [5, 5.41) is 10.0. The van der Waals surface area contributed by atoms with Crippen LogP contribution < -0.4 is 56.5 Å². The Morgan fingerprint density at radius 1 is 1.25 bits per heavy atom. The van der Waals surface area contributed by atoms with Crippen LogP contribution in [0.5, 0.6) is 0 Å². The third kappa shape index (κ3) is 7.37. The van der Waals surface area contributed by atoms with Gasteiger partial charge in [0.2, 0.25) is 0 Å². The minimum absolute atomic E-state index is 0. The van der Waals surface area contributed by atoms with E-state index in [1.807, 2.05) is 6.07 Å². The van der Waals surface area contributed by atoms with Gasteiger partial charge in [0.05, 0.1) is 0 Å². The first-order chi connectivity index (χ1) is 4.79. The minimum atomic E-state index is -1.16. The van der Waals surface area contributed by atoms with Crippen molar-refractivity contribution in [2.75, 3.05) is 0 Å². The van der Waals surface area contributed by atoms with Gasteiger partial charge in [-0.1, -0.05) is 30.3 Å². The molecular weight excluding hydrogens is 206 g/mol. The van der Waals surface area contributed by atoms with Gasteiger partial charge in [-0.2, -0.15) is 0 Å². The van der Waals surface area contributed by atoms with Crippen molar-refractivity contribution in [3.05, 3.63) is 42.3 Å². The van der Waals surface area contributed by atoms with E-state index in [0.29, 0.717) is 5.56 Å². The van der Waals surface area contributed by atoms with E-state index < -0.39 is 5.97 Å². The molecule has 0 unspecified atom stereocenters. The third-order valence-corrected chi connectivity index (χ3v) is 1.08. The van der Waals surface area contributed by atoms with Crippen LogP contribution in [0.25, 0.3) is 0 Å². The van der Waals surface area contributed by atoms with Gasteiger partial charge in [-0.3, -0.25) is 0 Å². The van der Waals surface area contributed by atoms with E-state index in [2.05, 4.69) is 0 Å². The molecular formula is C8H6K2O2. The number of hydrogen-bond donors (Lipinski definition) is 0. The molecule has 0 aromatic heterocycles. The maximum Gasteiger partial charge on any atom is 1.00 e. The molecule has 12 heavy (non-hydrogen) atoms. The van der Waals surface area contributed by atoms with Crippen LogP contribution in [0.4, 0.5) is 0 Å². The van der Waals surface area contributed by atoms with E-state index in [0.717, 1.165) is 6.42 Å². The monoisotopic (exact) mass is 212 g/mol. The van der Waals surface area contributed by atoms with Crippen molar-refractivity contribution in [1.29, 1.82) is 0 Å². The number of aliphatic carboxylic acids is 1. The summed E-state index contributed by atoms with van der Waals surface area (Å²) in [5.41, 5.74) is 0.655. The summed E-state index contributed by atoms with van der Waals surface area (Å²) >= 11 is 0. The van der Waals surface area contributed by atoms with E-state index in [9.17, 15) is 9.90 Å². The van der Waals surface area contributed by atoms with Gasteiger partial charge in [0.25, 0.3) is 0 Å². The van der Waals surface area contributed by atoms with Crippen LogP contribution in [0, 0.1) is 6.42 Å².